The molecule has 2 spiro atoms. The minimum atomic E-state index is -1.20. The maximum Gasteiger partial charge on any atom is 0.261 e. The zero-order valence-corrected chi connectivity index (χ0v) is 16.3. The van der Waals surface area contributed by atoms with Gasteiger partial charge in [-0.15, -0.1) is 0 Å². The van der Waals surface area contributed by atoms with Crippen molar-refractivity contribution in [2.24, 2.45) is 11.8 Å². The van der Waals surface area contributed by atoms with E-state index in [1.807, 2.05) is 0 Å². The zero-order valence-electron chi connectivity index (χ0n) is 14.7. The first-order chi connectivity index (χ1) is 13.3. The Morgan fingerprint density at radius 1 is 0.714 bits per heavy atom. The van der Waals surface area contributed by atoms with Crippen molar-refractivity contribution in [3.05, 3.63) is 24.3 Å². The van der Waals surface area contributed by atoms with Crippen LogP contribution >= 0.6 is 21.6 Å². The number of carbonyl (C=O) groups is 2. The molecule has 10 heteroatoms. The molecule has 5 heterocycles. The molecule has 2 aliphatic carbocycles. The van der Waals surface area contributed by atoms with Crippen LogP contribution in [0.25, 0.3) is 0 Å². The molecule has 0 aromatic rings. The minimum Gasteiger partial charge on any atom is -0.389 e. The van der Waals surface area contributed by atoms with Crippen LogP contribution in [0.3, 0.4) is 0 Å². The van der Waals surface area contributed by atoms with Gasteiger partial charge in [0.2, 0.25) is 0 Å². The largest absolute Gasteiger partial charge is 0.389 e. The Balaban J connectivity index is 1.50. The highest BCUT2D eigenvalue weighted by atomic mass is 33.1. The number of rotatable bonds is 0. The topological polar surface area (TPSA) is 122 Å². The van der Waals surface area contributed by atoms with E-state index in [2.05, 4.69) is 0 Å². The monoisotopic (exact) mass is 424 g/mol. The van der Waals surface area contributed by atoms with E-state index in [1.165, 1.54) is 55.7 Å². The molecule has 7 rings (SSSR count). The molecule has 8 nitrogen and oxygen atoms in total. The summed E-state index contributed by atoms with van der Waals surface area (Å²) in [6, 6.07) is -1.31. The Bertz CT molecular complexity index is 784. The van der Waals surface area contributed by atoms with Gasteiger partial charge in [0, 0.05) is 11.8 Å². The van der Waals surface area contributed by atoms with Crippen LogP contribution in [0, 0.1) is 11.8 Å². The Labute approximate surface area is 168 Å². The van der Waals surface area contributed by atoms with Gasteiger partial charge in [-0.3, -0.25) is 9.59 Å². The summed E-state index contributed by atoms with van der Waals surface area (Å²) in [6.07, 6.45) is 2.99. The smallest absolute Gasteiger partial charge is 0.261 e. The minimum absolute atomic E-state index is 0.251. The second-order valence-corrected chi connectivity index (χ2v) is 11.2. The SMILES string of the molecule is O=C1N2C3C(O)C=CC(O)C3CC23SSC12CC1C(O)C=CC(O)C1N2C3=O. The van der Waals surface area contributed by atoms with Crippen LogP contribution in [0.1, 0.15) is 12.8 Å². The van der Waals surface area contributed by atoms with Gasteiger partial charge < -0.3 is 30.2 Å². The second-order valence-electron chi connectivity index (χ2n) is 8.54. The zero-order chi connectivity index (χ0) is 19.6. The molecule has 0 radical (unpaired) electrons. The quantitative estimate of drug-likeness (QED) is 0.283. The summed E-state index contributed by atoms with van der Waals surface area (Å²) in [5.74, 6) is -1.38. The summed E-state index contributed by atoms with van der Waals surface area (Å²) in [5.41, 5.74) is 0. The maximum atomic E-state index is 13.8. The third-order valence-corrected chi connectivity index (χ3v) is 10.9. The van der Waals surface area contributed by atoms with Crippen LogP contribution in [-0.4, -0.2) is 88.3 Å². The highest BCUT2D eigenvalue weighted by Gasteiger charge is 2.79. The van der Waals surface area contributed by atoms with Gasteiger partial charge >= 0.3 is 0 Å². The highest BCUT2D eigenvalue weighted by Crippen LogP contribution is 2.70. The third kappa shape index (κ3) is 1.77. The number of hydrogen-bond acceptors (Lipinski definition) is 8. The van der Waals surface area contributed by atoms with Gasteiger partial charge in [0.1, 0.15) is 0 Å². The third-order valence-electron chi connectivity index (χ3n) is 7.29. The molecular formula is C18H20N2O6S2. The lowest BCUT2D eigenvalue weighted by Gasteiger charge is -2.59. The number of aliphatic hydroxyl groups excluding tert-OH is 4. The Morgan fingerprint density at radius 3 is 1.46 bits per heavy atom. The summed E-state index contributed by atoms with van der Waals surface area (Å²) in [7, 11) is 2.65. The molecule has 28 heavy (non-hydrogen) atoms. The average molecular weight is 425 g/mol. The van der Waals surface area contributed by atoms with E-state index in [4.69, 9.17) is 0 Å². The van der Waals surface area contributed by atoms with Crippen LogP contribution in [0.4, 0.5) is 0 Å². The summed E-state index contributed by atoms with van der Waals surface area (Å²) < 4.78 is 0. The van der Waals surface area contributed by atoms with Gasteiger partial charge in [-0.25, -0.2) is 0 Å². The fourth-order valence-corrected chi connectivity index (χ4v) is 9.93. The molecular weight excluding hydrogens is 404 g/mol. The summed E-state index contributed by atoms with van der Waals surface area (Å²) in [6.45, 7) is 0. The molecule has 5 fully saturated rings. The van der Waals surface area contributed by atoms with E-state index in [-0.39, 0.29) is 24.7 Å². The van der Waals surface area contributed by atoms with Crippen LogP contribution in [-0.2, 0) is 9.59 Å². The molecule has 0 aromatic heterocycles. The number of nitrogens with zero attached hydrogens (tertiary/aromatic N) is 2. The highest BCUT2D eigenvalue weighted by molar-refractivity contribution is 8.78. The average Bonchev–Trinajstić information content (AvgIpc) is 3.22. The molecule has 0 saturated carbocycles. The summed E-state index contributed by atoms with van der Waals surface area (Å²) >= 11 is 0. The van der Waals surface area contributed by atoms with E-state index in [1.54, 1.807) is 0 Å². The predicted molar refractivity (Wildman–Crippen MR) is 100 cm³/mol. The van der Waals surface area contributed by atoms with Crippen LogP contribution < -0.4 is 0 Å². The van der Waals surface area contributed by atoms with Crippen LogP contribution in [0.5, 0.6) is 0 Å². The Hall–Kier alpha value is -1.04. The van der Waals surface area contributed by atoms with E-state index < -0.39 is 58.1 Å². The number of aliphatic hydroxyl groups is 4. The molecule has 0 aromatic carbocycles. The van der Waals surface area contributed by atoms with Gasteiger partial charge in [0.25, 0.3) is 11.8 Å². The second kappa shape index (κ2) is 5.35. The van der Waals surface area contributed by atoms with Gasteiger partial charge in [-0.05, 0) is 12.8 Å². The van der Waals surface area contributed by atoms with Crippen LogP contribution in [0.2, 0.25) is 0 Å². The molecule has 10 atom stereocenters. The van der Waals surface area contributed by atoms with E-state index in [0.29, 0.717) is 0 Å². The van der Waals surface area contributed by atoms with E-state index in [9.17, 15) is 30.0 Å². The molecule has 4 N–H and O–H groups in total. The lowest BCUT2D eigenvalue weighted by Crippen LogP contribution is -2.77. The molecule has 2 amide bonds. The van der Waals surface area contributed by atoms with Crippen molar-refractivity contribution in [1.29, 1.82) is 0 Å². The van der Waals surface area contributed by atoms with Gasteiger partial charge in [0.15, 0.2) is 9.74 Å². The lowest BCUT2D eigenvalue weighted by atomic mass is 9.84. The van der Waals surface area contributed by atoms with Crippen molar-refractivity contribution in [2.75, 3.05) is 0 Å². The van der Waals surface area contributed by atoms with E-state index >= 15 is 0 Å². The lowest BCUT2D eigenvalue weighted by molar-refractivity contribution is -0.169. The van der Waals surface area contributed by atoms with E-state index in [0.717, 1.165) is 0 Å². The first kappa shape index (κ1) is 17.8. The number of fused-ring (bicyclic) bond motifs is 3. The summed E-state index contributed by atoms with van der Waals surface area (Å²) in [4.78, 5) is 28.2. The fourth-order valence-electron chi connectivity index (χ4n) is 6.08. The normalized spacial score (nSPS) is 56.0. The predicted octanol–water partition coefficient (Wildman–Crippen LogP) is -1.20. The number of piperazine rings is 1. The van der Waals surface area contributed by atoms with Crippen molar-refractivity contribution in [3.63, 3.8) is 0 Å². The molecule has 5 aliphatic heterocycles. The van der Waals surface area contributed by atoms with Crippen molar-refractivity contribution in [1.82, 2.24) is 9.80 Å². The molecule has 10 unspecified atom stereocenters. The first-order valence-electron chi connectivity index (χ1n) is 9.45. The number of carbonyl (C=O) groups excluding carboxylic acids is 2. The van der Waals surface area contributed by atoms with Gasteiger partial charge in [-0.2, -0.15) is 0 Å². The maximum absolute atomic E-state index is 13.8. The first-order valence-corrected chi connectivity index (χ1v) is 11.6. The molecule has 150 valence electrons. The van der Waals surface area contributed by atoms with Crippen molar-refractivity contribution in [2.45, 2.75) is 59.1 Å². The molecule has 5 saturated heterocycles. The molecule has 2 bridgehead atoms. The summed E-state index contributed by atoms with van der Waals surface area (Å²) in [5, 5.41) is 42.0. The van der Waals surface area contributed by atoms with Gasteiger partial charge in [-0.1, -0.05) is 45.9 Å². The Kier molecular flexibility index (Phi) is 3.40. The van der Waals surface area contributed by atoms with Crippen LogP contribution in [0.15, 0.2) is 24.3 Å². The van der Waals surface area contributed by atoms with Gasteiger partial charge in [0.05, 0.1) is 36.5 Å². The number of hydrogen-bond donors (Lipinski definition) is 4. The van der Waals surface area contributed by atoms with Crippen molar-refractivity contribution < 1.29 is 30.0 Å². The van der Waals surface area contributed by atoms with Crippen molar-refractivity contribution in [3.8, 4) is 0 Å². The Morgan fingerprint density at radius 2 is 1.07 bits per heavy atom. The van der Waals surface area contributed by atoms with Crippen molar-refractivity contribution >= 4 is 33.4 Å². The standard InChI is InChI=1S/C18H20N2O6S2/c21-9-1-3-11(23)13-7(9)5-17-15(25)20-14-8(10(22)2-4-12(14)24)6-18(20,28-27-17)16(26)19(13)17/h1-4,7-14,21-24H,5-6H2. The molecule has 7 aliphatic rings. The fraction of sp³-hybridized carbons (Fsp3) is 0.667. The number of amides is 2.